The van der Waals surface area contributed by atoms with Gasteiger partial charge in [0.2, 0.25) is 0 Å². The zero-order valence-electron chi connectivity index (χ0n) is 17.9. The number of anilines is 2. The van der Waals surface area contributed by atoms with Crippen LogP contribution in [-0.4, -0.2) is 19.1 Å². The van der Waals surface area contributed by atoms with Crippen molar-refractivity contribution in [2.45, 2.75) is 13.5 Å². The Morgan fingerprint density at radius 1 is 0.906 bits per heavy atom. The summed E-state index contributed by atoms with van der Waals surface area (Å²) < 4.78 is 20.0. The molecule has 0 atom stereocenters. The highest BCUT2D eigenvalue weighted by molar-refractivity contribution is 5.91. The van der Waals surface area contributed by atoms with E-state index in [1.807, 2.05) is 19.1 Å². The van der Waals surface area contributed by atoms with Crippen LogP contribution >= 0.6 is 0 Å². The zero-order valence-corrected chi connectivity index (χ0v) is 17.9. The summed E-state index contributed by atoms with van der Waals surface area (Å²) in [6, 6.07) is 19.0. The summed E-state index contributed by atoms with van der Waals surface area (Å²) in [5.74, 6) is -0.465. The SMILES string of the molecule is CF.Cc1ccc(OC(=O)c2ccc(/C=C/C(=O)OCc3cc(N)cc(N)c3)cc2)cc1. The van der Waals surface area contributed by atoms with Gasteiger partial charge in [-0.15, -0.1) is 0 Å². The number of nitrogens with two attached hydrogens (primary N) is 2. The van der Waals surface area contributed by atoms with Crippen LogP contribution in [0.15, 0.2) is 72.8 Å². The van der Waals surface area contributed by atoms with Gasteiger partial charge in [0.25, 0.3) is 0 Å². The molecule has 0 heterocycles. The van der Waals surface area contributed by atoms with Gasteiger partial charge in [0, 0.05) is 17.5 Å². The highest BCUT2D eigenvalue weighted by Crippen LogP contribution is 2.16. The van der Waals surface area contributed by atoms with E-state index in [0.717, 1.165) is 11.1 Å². The predicted octanol–water partition coefficient (Wildman–Crippen LogP) is 4.72. The van der Waals surface area contributed by atoms with Crippen molar-refractivity contribution in [3.8, 4) is 5.75 Å². The van der Waals surface area contributed by atoms with E-state index < -0.39 is 11.9 Å². The fraction of sp³-hybridized carbons (Fsp3) is 0.120. The number of rotatable bonds is 6. The first-order valence-electron chi connectivity index (χ1n) is 9.65. The Kier molecular flexibility index (Phi) is 8.98. The number of esters is 2. The second-order valence-corrected chi connectivity index (χ2v) is 6.77. The minimum atomic E-state index is -0.501. The van der Waals surface area contributed by atoms with Crippen molar-refractivity contribution < 1.29 is 23.5 Å². The van der Waals surface area contributed by atoms with Crippen molar-refractivity contribution in [1.82, 2.24) is 0 Å². The lowest BCUT2D eigenvalue weighted by Gasteiger charge is -2.05. The van der Waals surface area contributed by atoms with Crippen LogP contribution in [0.5, 0.6) is 5.75 Å². The van der Waals surface area contributed by atoms with Crippen molar-refractivity contribution in [3.05, 3.63) is 95.1 Å². The molecule has 0 aliphatic carbocycles. The Morgan fingerprint density at radius 3 is 2.09 bits per heavy atom. The molecular weight excluding hydrogens is 411 g/mol. The molecule has 0 spiro atoms. The Morgan fingerprint density at radius 2 is 1.50 bits per heavy atom. The molecule has 0 aliphatic rings. The minimum absolute atomic E-state index is 0.0716. The number of benzene rings is 3. The van der Waals surface area contributed by atoms with Gasteiger partial charge in [-0.1, -0.05) is 29.8 Å². The lowest BCUT2D eigenvalue weighted by Crippen LogP contribution is -2.08. The third-order valence-electron chi connectivity index (χ3n) is 4.21. The predicted molar refractivity (Wildman–Crippen MR) is 124 cm³/mol. The van der Waals surface area contributed by atoms with Gasteiger partial charge < -0.3 is 20.9 Å². The molecule has 0 radical (unpaired) electrons. The molecule has 32 heavy (non-hydrogen) atoms. The van der Waals surface area contributed by atoms with Crippen LogP contribution < -0.4 is 16.2 Å². The molecule has 3 aromatic rings. The Bertz CT molecular complexity index is 1060. The van der Waals surface area contributed by atoms with E-state index in [0.29, 0.717) is 35.4 Å². The Hall–Kier alpha value is -4.13. The largest absolute Gasteiger partial charge is 0.458 e. The molecule has 0 saturated carbocycles. The van der Waals surface area contributed by atoms with Crippen LogP contribution in [0, 0.1) is 6.92 Å². The van der Waals surface area contributed by atoms with E-state index in [-0.39, 0.29) is 6.61 Å². The average molecular weight is 436 g/mol. The summed E-state index contributed by atoms with van der Waals surface area (Å²) in [6.07, 6.45) is 2.92. The molecule has 0 bridgehead atoms. The van der Waals surface area contributed by atoms with Gasteiger partial charge in [0.1, 0.15) is 12.4 Å². The molecule has 0 aliphatic heterocycles. The van der Waals surface area contributed by atoms with Crippen molar-refractivity contribution in [1.29, 1.82) is 0 Å². The monoisotopic (exact) mass is 436 g/mol. The number of hydrogen-bond donors (Lipinski definition) is 2. The van der Waals surface area contributed by atoms with E-state index in [4.69, 9.17) is 20.9 Å². The molecule has 0 aromatic heterocycles. The maximum atomic E-state index is 12.2. The fourth-order valence-electron chi connectivity index (χ4n) is 2.70. The minimum Gasteiger partial charge on any atom is -0.458 e. The van der Waals surface area contributed by atoms with Gasteiger partial charge in [-0.25, -0.2) is 9.59 Å². The molecular formula is C25H25FN2O4. The molecule has 0 saturated heterocycles. The summed E-state index contributed by atoms with van der Waals surface area (Å²) >= 11 is 0. The summed E-state index contributed by atoms with van der Waals surface area (Å²) in [7, 11) is 0.500. The molecule has 3 rings (SSSR count). The first kappa shape index (κ1) is 24.1. The van der Waals surface area contributed by atoms with Gasteiger partial charge in [-0.3, -0.25) is 4.39 Å². The first-order chi connectivity index (χ1) is 15.4. The van der Waals surface area contributed by atoms with Gasteiger partial charge in [0.05, 0.1) is 12.7 Å². The Labute approximate surface area is 186 Å². The normalized spacial score (nSPS) is 10.2. The summed E-state index contributed by atoms with van der Waals surface area (Å²) in [4.78, 5) is 24.1. The fourth-order valence-corrected chi connectivity index (χ4v) is 2.70. The molecule has 0 amide bonds. The number of halogens is 1. The zero-order chi connectivity index (χ0) is 23.5. The third-order valence-corrected chi connectivity index (χ3v) is 4.21. The maximum absolute atomic E-state index is 12.2. The standard InChI is InChI=1S/C24H22N2O4.CH3F/c1-16-2-9-22(10-3-16)30-24(28)19-7-4-17(5-8-19)6-11-23(27)29-15-18-12-20(25)14-21(26)13-18;1-2/h2-14H,15,25-26H2,1H3;1H3/b11-6+;. The van der Waals surface area contributed by atoms with Crippen molar-refractivity contribution in [2.75, 3.05) is 18.6 Å². The van der Waals surface area contributed by atoms with Crippen molar-refractivity contribution in [3.63, 3.8) is 0 Å². The molecule has 166 valence electrons. The first-order valence-corrected chi connectivity index (χ1v) is 9.65. The number of nitrogen functional groups attached to an aromatic ring is 2. The smallest absolute Gasteiger partial charge is 0.343 e. The molecule has 4 N–H and O–H groups in total. The molecule has 3 aromatic carbocycles. The maximum Gasteiger partial charge on any atom is 0.343 e. The lowest BCUT2D eigenvalue weighted by molar-refractivity contribution is -0.138. The topological polar surface area (TPSA) is 105 Å². The van der Waals surface area contributed by atoms with Crippen LogP contribution in [-0.2, 0) is 16.1 Å². The van der Waals surface area contributed by atoms with E-state index in [9.17, 15) is 14.0 Å². The number of hydrogen-bond acceptors (Lipinski definition) is 6. The van der Waals surface area contributed by atoms with Crippen LogP contribution in [0.25, 0.3) is 6.08 Å². The molecule has 6 nitrogen and oxygen atoms in total. The van der Waals surface area contributed by atoms with Crippen molar-refractivity contribution >= 4 is 29.4 Å². The van der Waals surface area contributed by atoms with Crippen LogP contribution in [0.2, 0.25) is 0 Å². The Balaban J connectivity index is 0.00000176. The number of ether oxygens (including phenoxy) is 2. The third kappa shape index (κ3) is 7.60. The quantitative estimate of drug-likeness (QED) is 0.251. The van der Waals surface area contributed by atoms with E-state index in [1.165, 1.54) is 6.08 Å². The van der Waals surface area contributed by atoms with Gasteiger partial charge in [-0.05, 0) is 66.6 Å². The summed E-state index contributed by atoms with van der Waals surface area (Å²) in [5, 5.41) is 0. The lowest BCUT2D eigenvalue weighted by atomic mass is 10.1. The van der Waals surface area contributed by atoms with Crippen LogP contribution in [0.1, 0.15) is 27.0 Å². The highest BCUT2D eigenvalue weighted by atomic mass is 19.1. The second kappa shape index (κ2) is 11.9. The van der Waals surface area contributed by atoms with Gasteiger partial charge >= 0.3 is 11.9 Å². The number of alkyl halides is 1. The number of aryl methyl sites for hydroxylation is 1. The van der Waals surface area contributed by atoms with Crippen LogP contribution in [0.3, 0.4) is 0 Å². The number of carbonyl (C=O) groups excluding carboxylic acids is 2. The second-order valence-electron chi connectivity index (χ2n) is 6.77. The van der Waals surface area contributed by atoms with Crippen LogP contribution in [0.4, 0.5) is 15.8 Å². The van der Waals surface area contributed by atoms with Gasteiger partial charge in [-0.2, -0.15) is 0 Å². The van der Waals surface area contributed by atoms with Gasteiger partial charge in [0.15, 0.2) is 0 Å². The highest BCUT2D eigenvalue weighted by Gasteiger charge is 2.08. The molecule has 0 unspecified atom stereocenters. The van der Waals surface area contributed by atoms with E-state index in [2.05, 4.69) is 0 Å². The molecule has 0 fully saturated rings. The summed E-state index contributed by atoms with van der Waals surface area (Å²) in [6.45, 7) is 2.03. The van der Waals surface area contributed by atoms with E-state index >= 15 is 0 Å². The van der Waals surface area contributed by atoms with E-state index in [1.54, 1.807) is 60.7 Å². The molecule has 7 heteroatoms. The number of carbonyl (C=O) groups is 2. The van der Waals surface area contributed by atoms with Crippen molar-refractivity contribution in [2.24, 2.45) is 0 Å². The average Bonchev–Trinajstić information content (AvgIpc) is 2.79. The summed E-state index contributed by atoms with van der Waals surface area (Å²) in [5.41, 5.74) is 15.4.